The van der Waals surface area contributed by atoms with Crippen molar-refractivity contribution >= 4 is 29.0 Å². The van der Waals surface area contributed by atoms with Gasteiger partial charge < -0.3 is 20.1 Å². The molecule has 0 bridgehead atoms. The first-order chi connectivity index (χ1) is 16.8. The van der Waals surface area contributed by atoms with Crippen molar-refractivity contribution in [2.45, 2.75) is 38.3 Å². The number of methoxy groups -OCH3 is 1. The van der Waals surface area contributed by atoms with Crippen LogP contribution in [-0.2, 0) is 21.5 Å². The molecule has 0 aromatic heterocycles. The topological polar surface area (TPSA) is 95.9 Å². The molecule has 0 fully saturated rings. The number of carboxylic acid groups (broad SMARTS) is 1. The molecule has 7 nitrogen and oxygen atoms in total. The van der Waals surface area contributed by atoms with Crippen LogP contribution in [0.15, 0.2) is 72.8 Å². The first-order valence-electron chi connectivity index (χ1n) is 11.4. The van der Waals surface area contributed by atoms with Crippen LogP contribution in [0.3, 0.4) is 0 Å². The predicted octanol–water partition coefficient (Wildman–Crippen LogP) is 4.66. The molecule has 0 saturated carbocycles. The zero-order valence-corrected chi connectivity index (χ0v) is 19.9. The number of hydrogen-bond donors (Lipinski definition) is 2. The highest BCUT2D eigenvalue weighted by atomic mass is 16.5. The Bertz CT molecular complexity index is 1270. The molecular formula is C28H28N2O5. The van der Waals surface area contributed by atoms with Gasteiger partial charge in [-0.25, -0.2) is 0 Å². The van der Waals surface area contributed by atoms with Crippen molar-refractivity contribution in [1.82, 2.24) is 0 Å². The lowest BCUT2D eigenvalue weighted by Gasteiger charge is -2.46. The molecule has 3 aromatic rings. The number of carbonyl (C=O) groups is 3. The van der Waals surface area contributed by atoms with Gasteiger partial charge in [0.25, 0.3) is 5.91 Å². The second-order valence-corrected chi connectivity index (χ2v) is 8.79. The third kappa shape index (κ3) is 4.49. The lowest BCUT2D eigenvalue weighted by molar-refractivity contribution is -0.136. The highest BCUT2D eigenvalue weighted by molar-refractivity contribution is 6.08. The molecule has 7 heteroatoms. The number of carbonyl (C=O) groups excluding carboxylic acids is 2. The minimum atomic E-state index is -1.12. The molecule has 0 spiro atoms. The van der Waals surface area contributed by atoms with Gasteiger partial charge in [-0.2, -0.15) is 0 Å². The third-order valence-corrected chi connectivity index (χ3v) is 6.53. The fourth-order valence-electron chi connectivity index (χ4n) is 4.84. The molecule has 180 valence electrons. The van der Waals surface area contributed by atoms with Crippen molar-refractivity contribution < 1.29 is 24.2 Å². The maximum absolute atomic E-state index is 13.6. The number of hydrogen-bond acceptors (Lipinski definition) is 5. The number of carboxylic acids is 1. The van der Waals surface area contributed by atoms with Gasteiger partial charge in [-0.05, 0) is 55.8 Å². The number of fused-ring (bicyclic) bond motifs is 1. The van der Waals surface area contributed by atoms with Crippen LogP contribution >= 0.6 is 0 Å². The smallest absolute Gasteiger partial charge is 0.307 e. The van der Waals surface area contributed by atoms with E-state index in [1.165, 1.54) is 6.92 Å². The fourth-order valence-corrected chi connectivity index (χ4v) is 4.84. The largest absolute Gasteiger partial charge is 0.497 e. The second-order valence-electron chi connectivity index (χ2n) is 8.79. The van der Waals surface area contributed by atoms with Gasteiger partial charge in [0, 0.05) is 29.3 Å². The summed E-state index contributed by atoms with van der Waals surface area (Å²) in [5.74, 6) is -0.576. The standard InChI is InChI=1S/C28H28N2O5/c1-18-17-28(19(2)31,29-24-10-6-4-8-21(24)16-26(32)33)23-9-5-7-11-25(23)30(18)27(34)20-12-14-22(35-3)15-13-20/h4-15,18,29H,16-17H2,1-3H3,(H,32,33)/t18-,28-/m1/s1. The first kappa shape index (κ1) is 24.0. The Morgan fingerprint density at radius 3 is 2.34 bits per heavy atom. The van der Waals surface area contributed by atoms with E-state index in [1.54, 1.807) is 60.5 Å². The summed E-state index contributed by atoms with van der Waals surface area (Å²) in [5, 5.41) is 12.8. The summed E-state index contributed by atoms with van der Waals surface area (Å²) in [5.41, 5.74) is 1.89. The highest BCUT2D eigenvalue weighted by Gasteiger charge is 2.47. The Hall–Kier alpha value is -4.13. The van der Waals surface area contributed by atoms with Crippen LogP contribution < -0.4 is 15.0 Å². The number of nitrogens with one attached hydrogen (secondary N) is 1. The van der Waals surface area contributed by atoms with E-state index in [1.807, 2.05) is 31.2 Å². The number of Topliss-reactive ketones (excluding diaryl/α,β-unsaturated/α-hetero) is 1. The van der Waals surface area contributed by atoms with Crippen molar-refractivity contribution in [1.29, 1.82) is 0 Å². The van der Waals surface area contributed by atoms with E-state index in [-0.39, 0.29) is 24.2 Å². The van der Waals surface area contributed by atoms with E-state index in [2.05, 4.69) is 5.32 Å². The van der Waals surface area contributed by atoms with Crippen LogP contribution in [0.25, 0.3) is 0 Å². The van der Waals surface area contributed by atoms with E-state index in [9.17, 15) is 19.5 Å². The molecule has 0 radical (unpaired) electrons. The van der Waals surface area contributed by atoms with E-state index in [0.29, 0.717) is 40.2 Å². The number of ether oxygens (including phenoxy) is 1. The Labute approximate surface area is 204 Å². The lowest BCUT2D eigenvalue weighted by Crippen LogP contribution is -2.54. The van der Waals surface area contributed by atoms with Gasteiger partial charge in [0.2, 0.25) is 0 Å². The number of para-hydroxylation sites is 2. The van der Waals surface area contributed by atoms with E-state index in [0.717, 1.165) is 0 Å². The molecule has 35 heavy (non-hydrogen) atoms. The Morgan fingerprint density at radius 1 is 1.03 bits per heavy atom. The lowest BCUT2D eigenvalue weighted by atomic mass is 9.75. The third-order valence-electron chi connectivity index (χ3n) is 6.53. The van der Waals surface area contributed by atoms with Crippen molar-refractivity contribution in [2.24, 2.45) is 0 Å². The number of nitrogens with zero attached hydrogens (tertiary/aromatic N) is 1. The van der Waals surface area contributed by atoms with Gasteiger partial charge in [-0.15, -0.1) is 0 Å². The molecule has 2 atom stereocenters. The fraction of sp³-hybridized carbons (Fsp3) is 0.250. The summed E-state index contributed by atoms with van der Waals surface area (Å²) >= 11 is 0. The number of aliphatic carboxylic acids is 1. The number of anilines is 2. The van der Waals surface area contributed by atoms with Gasteiger partial charge in [0.1, 0.15) is 11.3 Å². The average Bonchev–Trinajstić information content (AvgIpc) is 2.84. The molecule has 1 aliphatic rings. The molecule has 0 saturated heterocycles. The number of amides is 1. The summed E-state index contributed by atoms with van der Waals surface area (Å²) in [6.07, 6.45) is 0.152. The van der Waals surface area contributed by atoms with Gasteiger partial charge in [-0.1, -0.05) is 36.4 Å². The van der Waals surface area contributed by atoms with Gasteiger partial charge in [0.15, 0.2) is 5.78 Å². The molecule has 4 rings (SSSR count). The minimum absolute atomic E-state index is 0.113. The summed E-state index contributed by atoms with van der Waals surface area (Å²) in [7, 11) is 1.57. The van der Waals surface area contributed by atoms with Crippen LogP contribution in [0, 0.1) is 0 Å². The Kier molecular flexibility index (Phi) is 6.60. The van der Waals surface area contributed by atoms with Crippen LogP contribution in [0.2, 0.25) is 0 Å². The maximum atomic E-state index is 13.6. The van der Waals surface area contributed by atoms with Crippen LogP contribution in [0.4, 0.5) is 11.4 Å². The summed E-state index contributed by atoms with van der Waals surface area (Å²) < 4.78 is 5.21. The SMILES string of the molecule is COc1ccc(C(=O)N2c3ccccc3[C@](Nc3ccccc3CC(=O)O)(C(C)=O)C[C@H]2C)cc1. The van der Waals surface area contributed by atoms with E-state index < -0.39 is 11.5 Å². The monoisotopic (exact) mass is 472 g/mol. The van der Waals surface area contributed by atoms with E-state index in [4.69, 9.17) is 4.74 Å². The minimum Gasteiger partial charge on any atom is -0.497 e. The zero-order valence-electron chi connectivity index (χ0n) is 19.9. The quantitative estimate of drug-likeness (QED) is 0.519. The molecule has 0 aliphatic carbocycles. The summed E-state index contributed by atoms with van der Waals surface area (Å²) in [4.78, 5) is 40.0. The van der Waals surface area contributed by atoms with Crippen LogP contribution in [0.1, 0.15) is 41.8 Å². The Balaban J connectivity index is 1.80. The summed E-state index contributed by atoms with van der Waals surface area (Å²) in [6, 6.07) is 21.1. The first-order valence-corrected chi connectivity index (χ1v) is 11.4. The van der Waals surface area contributed by atoms with Gasteiger partial charge in [0.05, 0.1) is 19.2 Å². The molecule has 2 N–H and O–H groups in total. The molecule has 1 heterocycles. The maximum Gasteiger partial charge on any atom is 0.307 e. The molecule has 1 amide bonds. The van der Waals surface area contributed by atoms with Crippen molar-refractivity contribution in [3.05, 3.63) is 89.5 Å². The van der Waals surface area contributed by atoms with Gasteiger partial charge >= 0.3 is 5.97 Å². The second kappa shape index (κ2) is 9.62. The van der Waals surface area contributed by atoms with Crippen molar-refractivity contribution in [2.75, 3.05) is 17.3 Å². The van der Waals surface area contributed by atoms with Gasteiger partial charge in [-0.3, -0.25) is 14.4 Å². The summed E-state index contributed by atoms with van der Waals surface area (Å²) in [6.45, 7) is 3.44. The normalized spacial score (nSPS) is 18.9. The molecular weight excluding hydrogens is 444 g/mol. The molecule has 0 unspecified atom stereocenters. The van der Waals surface area contributed by atoms with Crippen LogP contribution in [-0.4, -0.2) is 35.9 Å². The predicted molar refractivity (Wildman–Crippen MR) is 134 cm³/mol. The zero-order chi connectivity index (χ0) is 25.2. The Morgan fingerprint density at radius 2 is 1.69 bits per heavy atom. The van der Waals surface area contributed by atoms with Crippen LogP contribution in [0.5, 0.6) is 5.75 Å². The van der Waals surface area contributed by atoms with Crippen molar-refractivity contribution in [3.63, 3.8) is 0 Å². The molecule has 3 aromatic carbocycles. The average molecular weight is 473 g/mol. The molecule has 1 aliphatic heterocycles. The van der Waals surface area contributed by atoms with Crippen molar-refractivity contribution in [3.8, 4) is 5.75 Å². The number of rotatable bonds is 7. The highest BCUT2D eigenvalue weighted by Crippen LogP contribution is 2.45. The number of ketones is 1. The van der Waals surface area contributed by atoms with E-state index >= 15 is 0 Å². The number of benzene rings is 3.